The highest BCUT2D eigenvalue weighted by atomic mass is 32.1. The van der Waals surface area contributed by atoms with Gasteiger partial charge in [0.2, 0.25) is 0 Å². The van der Waals surface area contributed by atoms with Gasteiger partial charge in [-0.1, -0.05) is 18.2 Å². The fourth-order valence-electron chi connectivity index (χ4n) is 2.10. The van der Waals surface area contributed by atoms with E-state index in [9.17, 15) is 9.18 Å². The predicted octanol–water partition coefficient (Wildman–Crippen LogP) is 3.77. The highest BCUT2D eigenvalue weighted by Gasteiger charge is 2.15. The number of halogens is 1. The van der Waals surface area contributed by atoms with Gasteiger partial charge < -0.3 is 5.32 Å². The van der Waals surface area contributed by atoms with Gasteiger partial charge in [-0.25, -0.2) is 4.39 Å². The van der Waals surface area contributed by atoms with Crippen LogP contribution in [0.25, 0.3) is 10.6 Å². The maximum atomic E-state index is 12.9. The molecule has 0 unspecified atom stereocenters. The van der Waals surface area contributed by atoms with Crippen molar-refractivity contribution in [2.24, 2.45) is 0 Å². The van der Waals surface area contributed by atoms with Crippen molar-refractivity contribution in [3.8, 4) is 10.6 Å². The van der Waals surface area contributed by atoms with Crippen LogP contribution in [0.2, 0.25) is 0 Å². The number of aromatic nitrogens is 2. The number of thiophene rings is 1. The normalized spacial score (nSPS) is 12.1. The van der Waals surface area contributed by atoms with E-state index in [2.05, 4.69) is 15.5 Å². The minimum Gasteiger partial charge on any atom is -0.344 e. The van der Waals surface area contributed by atoms with Crippen molar-refractivity contribution >= 4 is 17.2 Å². The number of carbonyl (C=O) groups is 1. The van der Waals surface area contributed by atoms with E-state index in [0.29, 0.717) is 5.69 Å². The molecule has 22 heavy (non-hydrogen) atoms. The van der Waals surface area contributed by atoms with Gasteiger partial charge in [0.15, 0.2) is 5.69 Å². The summed E-state index contributed by atoms with van der Waals surface area (Å²) in [5, 5.41) is 11.7. The molecule has 0 aliphatic carbocycles. The van der Waals surface area contributed by atoms with Crippen molar-refractivity contribution in [2.45, 2.75) is 13.0 Å². The van der Waals surface area contributed by atoms with Crippen LogP contribution in [-0.2, 0) is 0 Å². The lowest BCUT2D eigenvalue weighted by atomic mass is 10.1. The Labute approximate surface area is 131 Å². The summed E-state index contributed by atoms with van der Waals surface area (Å²) < 4.78 is 12.9. The fraction of sp³-hybridized carbons (Fsp3) is 0.125. The second-order valence-corrected chi connectivity index (χ2v) is 5.84. The van der Waals surface area contributed by atoms with Crippen LogP contribution in [-0.4, -0.2) is 16.1 Å². The van der Waals surface area contributed by atoms with Crippen molar-refractivity contribution in [3.63, 3.8) is 0 Å². The molecule has 112 valence electrons. The number of nitrogens with one attached hydrogen (secondary N) is 2. The number of hydrogen-bond donors (Lipinski definition) is 2. The molecule has 2 aromatic heterocycles. The minimum absolute atomic E-state index is 0.227. The molecule has 4 nitrogen and oxygen atoms in total. The molecule has 0 radical (unpaired) electrons. The predicted molar refractivity (Wildman–Crippen MR) is 84.2 cm³/mol. The van der Waals surface area contributed by atoms with Crippen molar-refractivity contribution < 1.29 is 9.18 Å². The largest absolute Gasteiger partial charge is 0.344 e. The zero-order valence-electron chi connectivity index (χ0n) is 11.8. The van der Waals surface area contributed by atoms with Crippen LogP contribution in [0, 0.1) is 5.82 Å². The first-order valence-electron chi connectivity index (χ1n) is 6.79. The highest BCUT2D eigenvalue weighted by Crippen LogP contribution is 2.23. The highest BCUT2D eigenvalue weighted by molar-refractivity contribution is 7.13. The van der Waals surface area contributed by atoms with E-state index < -0.39 is 0 Å². The van der Waals surface area contributed by atoms with E-state index in [4.69, 9.17) is 0 Å². The Kier molecular flexibility index (Phi) is 4.02. The Morgan fingerprint density at radius 2 is 2.09 bits per heavy atom. The van der Waals surface area contributed by atoms with Crippen LogP contribution >= 0.6 is 11.3 Å². The van der Waals surface area contributed by atoms with Gasteiger partial charge in [-0.05, 0) is 42.1 Å². The molecular formula is C16H14FN3OS. The van der Waals surface area contributed by atoms with E-state index in [1.165, 1.54) is 12.1 Å². The van der Waals surface area contributed by atoms with Crippen LogP contribution in [0.3, 0.4) is 0 Å². The Morgan fingerprint density at radius 1 is 1.32 bits per heavy atom. The zero-order valence-corrected chi connectivity index (χ0v) is 12.7. The molecule has 0 saturated carbocycles. The number of carbonyl (C=O) groups excluding carboxylic acids is 1. The number of aromatic amines is 1. The van der Waals surface area contributed by atoms with Gasteiger partial charge >= 0.3 is 0 Å². The van der Waals surface area contributed by atoms with E-state index in [0.717, 1.165) is 16.1 Å². The first kappa shape index (κ1) is 14.5. The first-order chi connectivity index (χ1) is 10.6. The third-order valence-corrected chi connectivity index (χ3v) is 4.22. The maximum Gasteiger partial charge on any atom is 0.272 e. The van der Waals surface area contributed by atoms with E-state index in [1.807, 2.05) is 24.4 Å². The molecule has 0 saturated heterocycles. The summed E-state index contributed by atoms with van der Waals surface area (Å²) in [6, 6.07) is 11.5. The van der Waals surface area contributed by atoms with E-state index in [1.54, 1.807) is 29.5 Å². The van der Waals surface area contributed by atoms with Crippen LogP contribution in [0.5, 0.6) is 0 Å². The summed E-state index contributed by atoms with van der Waals surface area (Å²) >= 11 is 1.57. The summed E-state index contributed by atoms with van der Waals surface area (Å²) in [6.45, 7) is 1.85. The van der Waals surface area contributed by atoms with Crippen molar-refractivity contribution in [3.05, 3.63) is 64.9 Å². The summed E-state index contributed by atoms with van der Waals surface area (Å²) in [5.74, 6) is -0.564. The Hall–Kier alpha value is -2.47. The molecule has 0 bridgehead atoms. The summed E-state index contributed by atoms with van der Waals surface area (Å²) in [7, 11) is 0. The van der Waals surface area contributed by atoms with E-state index in [-0.39, 0.29) is 17.8 Å². The number of benzene rings is 1. The molecular weight excluding hydrogens is 301 g/mol. The molecule has 2 N–H and O–H groups in total. The number of nitrogens with zero attached hydrogens (tertiary/aromatic N) is 1. The van der Waals surface area contributed by atoms with Gasteiger partial charge in [-0.15, -0.1) is 11.3 Å². The SMILES string of the molecule is C[C@@H](NC(=O)c1cc(-c2cccs2)[nH]n1)c1ccc(F)cc1. The lowest BCUT2D eigenvalue weighted by Crippen LogP contribution is -2.26. The molecule has 3 rings (SSSR count). The van der Waals surface area contributed by atoms with Crippen LogP contribution in [0.15, 0.2) is 47.8 Å². The number of H-pyrrole nitrogens is 1. The van der Waals surface area contributed by atoms with Crippen LogP contribution in [0.4, 0.5) is 4.39 Å². The number of amides is 1. The second-order valence-electron chi connectivity index (χ2n) is 4.89. The molecule has 0 fully saturated rings. The summed E-state index contributed by atoms with van der Waals surface area (Å²) in [6.07, 6.45) is 0. The third kappa shape index (κ3) is 3.07. The molecule has 0 aliphatic rings. The van der Waals surface area contributed by atoms with Crippen molar-refractivity contribution in [2.75, 3.05) is 0 Å². The van der Waals surface area contributed by atoms with Gasteiger partial charge in [0, 0.05) is 0 Å². The molecule has 1 aromatic carbocycles. The Balaban J connectivity index is 1.70. The standard InChI is InChI=1S/C16H14FN3OS/c1-10(11-4-6-12(17)7-5-11)18-16(21)14-9-13(19-20-14)15-3-2-8-22-15/h2-10H,1H3,(H,18,21)(H,19,20)/t10-/m1/s1. The van der Waals surface area contributed by atoms with Gasteiger partial charge in [0.25, 0.3) is 5.91 Å². The summed E-state index contributed by atoms with van der Waals surface area (Å²) in [5.41, 5.74) is 1.98. The monoisotopic (exact) mass is 315 g/mol. The van der Waals surface area contributed by atoms with Crippen LogP contribution in [0.1, 0.15) is 29.0 Å². The van der Waals surface area contributed by atoms with E-state index >= 15 is 0 Å². The summed E-state index contributed by atoms with van der Waals surface area (Å²) in [4.78, 5) is 13.2. The lowest BCUT2D eigenvalue weighted by Gasteiger charge is -2.13. The average molecular weight is 315 g/mol. The zero-order chi connectivity index (χ0) is 15.5. The lowest BCUT2D eigenvalue weighted by molar-refractivity contribution is 0.0935. The quantitative estimate of drug-likeness (QED) is 0.770. The number of rotatable bonds is 4. The second kappa shape index (κ2) is 6.11. The van der Waals surface area contributed by atoms with Gasteiger partial charge in [0.1, 0.15) is 5.82 Å². The molecule has 1 amide bonds. The average Bonchev–Trinajstić information content (AvgIpc) is 3.19. The smallest absolute Gasteiger partial charge is 0.272 e. The number of hydrogen-bond acceptors (Lipinski definition) is 3. The van der Waals surface area contributed by atoms with Gasteiger partial charge in [-0.2, -0.15) is 5.10 Å². The molecule has 3 aromatic rings. The Bertz CT molecular complexity index is 765. The molecule has 1 atom stereocenters. The topological polar surface area (TPSA) is 57.8 Å². The fourth-order valence-corrected chi connectivity index (χ4v) is 2.79. The van der Waals surface area contributed by atoms with Crippen LogP contribution < -0.4 is 5.32 Å². The molecule has 0 aliphatic heterocycles. The first-order valence-corrected chi connectivity index (χ1v) is 7.67. The molecule has 0 spiro atoms. The van der Waals surface area contributed by atoms with Gasteiger partial charge in [0.05, 0.1) is 16.6 Å². The molecule has 2 heterocycles. The minimum atomic E-state index is -0.296. The Morgan fingerprint density at radius 3 is 2.77 bits per heavy atom. The van der Waals surface area contributed by atoms with Gasteiger partial charge in [-0.3, -0.25) is 9.89 Å². The maximum absolute atomic E-state index is 12.9. The third-order valence-electron chi connectivity index (χ3n) is 3.31. The van der Waals surface area contributed by atoms with Crippen molar-refractivity contribution in [1.29, 1.82) is 0 Å². The molecule has 6 heteroatoms. The van der Waals surface area contributed by atoms with Crippen molar-refractivity contribution in [1.82, 2.24) is 15.5 Å².